The van der Waals surface area contributed by atoms with Gasteiger partial charge in [-0.25, -0.2) is 9.18 Å². The minimum atomic E-state index is -1.66. The van der Waals surface area contributed by atoms with Gasteiger partial charge in [0.15, 0.2) is 6.10 Å². The Balaban J connectivity index is 2.69. The number of benzene rings is 1. The highest BCUT2D eigenvalue weighted by Gasteiger charge is 2.24. The van der Waals surface area contributed by atoms with E-state index in [0.717, 1.165) is 6.07 Å². The van der Waals surface area contributed by atoms with Crippen molar-refractivity contribution in [1.82, 2.24) is 0 Å². The maximum atomic E-state index is 12.9. The molecule has 0 spiro atoms. The number of hydrogen-bond donors (Lipinski definition) is 2. The van der Waals surface area contributed by atoms with Crippen LogP contribution < -0.4 is 0 Å². The summed E-state index contributed by atoms with van der Waals surface area (Å²) in [7, 11) is 0. The van der Waals surface area contributed by atoms with Crippen molar-refractivity contribution in [3.63, 3.8) is 0 Å². The lowest BCUT2D eigenvalue weighted by molar-refractivity contribution is -0.146. The lowest BCUT2D eigenvalue weighted by Gasteiger charge is -2.03. The number of aliphatic carboxylic acids is 1. The van der Waals surface area contributed by atoms with Gasteiger partial charge in [0.25, 0.3) is 0 Å². The van der Waals surface area contributed by atoms with Gasteiger partial charge in [-0.1, -0.05) is 0 Å². The van der Waals surface area contributed by atoms with Crippen LogP contribution in [0.1, 0.15) is 17.4 Å². The summed E-state index contributed by atoms with van der Waals surface area (Å²) in [6.45, 7) is 1.53. The molecule has 0 aliphatic carbocycles. The van der Waals surface area contributed by atoms with Crippen molar-refractivity contribution in [2.75, 3.05) is 0 Å². The largest absolute Gasteiger partial charge is 0.479 e. The van der Waals surface area contributed by atoms with Crippen LogP contribution in [0.15, 0.2) is 22.6 Å². The quantitative estimate of drug-likeness (QED) is 0.818. The molecule has 0 fully saturated rings. The number of halogens is 1. The van der Waals surface area contributed by atoms with Gasteiger partial charge >= 0.3 is 5.97 Å². The summed E-state index contributed by atoms with van der Waals surface area (Å²) in [5.41, 5.74) is 0.398. The molecule has 0 saturated heterocycles. The fourth-order valence-electron chi connectivity index (χ4n) is 1.68. The van der Waals surface area contributed by atoms with Crippen molar-refractivity contribution in [2.45, 2.75) is 13.0 Å². The highest BCUT2D eigenvalue weighted by molar-refractivity contribution is 5.88. The summed E-state index contributed by atoms with van der Waals surface area (Å²) in [6, 6.07) is 3.73. The van der Waals surface area contributed by atoms with Crippen LogP contribution in [0.5, 0.6) is 0 Å². The predicted molar refractivity (Wildman–Crippen MR) is 53.5 cm³/mol. The van der Waals surface area contributed by atoms with Gasteiger partial charge in [0, 0.05) is 17.0 Å². The third-order valence-electron chi connectivity index (χ3n) is 2.38. The number of carboxylic acid groups (broad SMARTS) is 1. The molecule has 2 aromatic rings. The molecule has 1 atom stereocenters. The first-order chi connectivity index (χ1) is 7.50. The number of hydrogen-bond acceptors (Lipinski definition) is 3. The van der Waals surface area contributed by atoms with Crippen LogP contribution >= 0.6 is 0 Å². The van der Waals surface area contributed by atoms with Gasteiger partial charge in [-0.2, -0.15) is 0 Å². The summed E-state index contributed by atoms with van der Waals surface area (Å²) in [5, 5.41) is 18.6. The van der Waals surface area contributed by atoms with Gasteiger partial charge in [-0.3, -0.25) is 0 Å². The molecule has 16 heavy (non-hydrogen) atoms. The first-order valence-corrected chi connectivity index (χ1v) is 4.60. The Hall–Kier alpha value is -1.88. The fraction of sp³-hybridized carbons (Fsp3) is 0.182. The number of rotatable bonds is 2. The number of aryl methyl sites for hydroxylation is 1. The van der Waals surface area contributed by atoms with Crippen LogP contribution in [-0.2, 0) is 4.79 Å². The Kier molecular flexibility index (Phi) is 2.40. The van der Waals surface area contributed by atoms with E-state index in [2.05, 4.69) is 0 Å². The number of aliphatic hydroxyl groups is 1. The normalized spacial score (nSPS) is 12.9. The first kappa shape index (κ1) is 10.6. The van der Waals surface area contributed by atoms with Gasteiger partial charge in [0.1, 0.15) is 17.2 Å². The number of furan rings is 1. The summed E-state index contributed by atoms with van der Waals surface area (Å²) < 4.78 is 18.1. The van der Waals surface area contributed by atoms with Gasteiger partial charge in [0.2, 0.25) is 0 Å². The molecule has 4 nitrogen and oxygen atoms in total. The van der Waals surface area contributed by atoms with Crippen molar-refractivity contribution in [1.29, 1.82) is 0 Å². The van der Waals surface area contributed by atoms with E-state index in [1.165, 1.54) is 19.1 Å². The van der Waals surface area contributed by atoms with E-state index >= 15 is 0 Å². The summed E-state index contributed by atoms with van der Waals surface area (Å²) >= 11 is 0. The Morgan fingerprint density at radius 1 is 1.50 bits per heavy atom. The van der Waals surface area contributed by atoms with Gasteiger partial charge in [-0.15, -0.1) is 0 Å². The van der Waals surface area contributed by atoms with Crippen LogP contribution in [0.2, 0.25) is 0 Å². The van der Waals surface area contributed by atoms with Crippen LogP contribution in [0.4, 0.5) is 4.39 Å². The van der Waals surface area contributed by atoms with E-state index in [1.54, 1.807) is 0 Å². The van der Waals surface area contributed by atoms with E-state index in [4.69, 9.17) is 9.52 Å². The standard InChI is InChI=1S/C11H9FO4/c1-5-9(10(13)11(14)15)7-3-2-6(12)4-8(7)16-5/h2-4,10,13H,1H3,(H,14,15). The van der Waals surface area contributed by atoms with Crippen LogP contribution in [-0.4, -0.2) is 16.2 Å². The monoisotopic (exact) mass is 224 g/mol. The molecule has 1 unspecified atom stereocenters. The molecule has 0 aliphatic heterocycles. The van der Waals surface area contributed by atoms with Crippen molar-refractivity contribution in [3.8, 4) is 0 Å². The number of carbonyl (C=O) groups is 1. The zero-order chi connectivity index (χ0) is 11.9. The van der Waals surface area contributed by atoms with Crippen LogP contribution in [0.3, 0.4) is 0 Å². The molecule has 84 valence electrons. The summed E-state index contributed by atoms with van der Waals surface area (Å²) in [6.07, 6.45) is -1.66. The minimum absolute atomic E-state index is 0.169. The van der Waals surface area contributed by atoms with Gasteiger partial charge in [-0.05, 0) is 19.1 Å². The zero-order valence-corrected chi connectivity index (χ0v) is 8.40. The predicted octanol–water partition coefficient (Wildman–Crippen LogP) is 2.00. The van der Waals surface area contributed by atoms with Gasteiger partial charge < -0.3 is 14.6 Å². The zero-order valence-electron chi connectivity index (χ0n) is 8.40. The van der Waals surface area contributed by atoms with E-state index in [1.807, 2.05) is 0 Å². The Morgan fingerprint density at radius 3 is 2.81 bits per heavy atom. The molecule has 5 heteroatoms. The summed E-state index contributed by atoms with van der Waals surface area (Å²) in [4.78, 5) is 10.7. The molecule has 2 rings (SSSR count). The Bertz CT molecular complexity index is 558. The van der Waals surface area contributed by atoms with E-state index < -0.39 is 17.9 Å². The molecular weight excluding hydrogens is 215 g/mol. The van der Waals surface area contributed by atoms with Crippen molar-refractivity contribution in [2.24, 2.45) is 0 Å². The molecule has 0 bridgehead atoms. The molecule has 1 aromatic heterocycles. The Morgan fingerprint density at radius 2 is 2.19 bits per heavy atom. The molecule has 1 aromatic carbocycles. The van der Waals surface area contributed by atoms with Crippen molar-refractivity contribution in [3.05, 3.63) is 35.3 Å². The van der Waals surface area contributed by atoms with E-state index in [9.17, 15) is 14.3 Å². The second kappa shape index (κ2) is 3.61. The minimum Gasteiger partial charge on any atom is -0.479 e. The fourth-order valence-corrected chi connectivity index (χ4v) is 1.68. The average Bonchev–Trinajstić information content (AvgIpc) is 2.51. The third-order valence-corrected chi connectivity index (χ3v) is 2.38. The molecular formula is C11H9FO4. The first-order valence-electron chi connectivity index (χ1n) is 4.60. The van der Waals surface area contributed by atoms with E-state index in [-0.39, 0.29) is 16.9 Å². The van der Waals surface area contributed by atoms with Crippen molar-refractivity contribution < 1.29 is 23.8 Å². The van der Waals surface area contributed by atoms with Crippen molar-refractivity contribution >= 4 is 16.9 Å². The topological polar surface area (TPSA) is 70.7 Å². The van der Waals surface area contributed by atoms with E-state index in [0.29, 0.717) is 5.39 Å². The lowest BCUT2D eigenvalue weighted by Crippen LogP contribution is -2.10. The van der Waals surface area contributed by atoms with Crippen LogP contribution in [0, 0.1) is 12.7 Å². The maximum Gasteiger partial charge on any atom is 0.337 e. The smallest absolute Gasteiger partial charge is 0.337 e. The highest BCUT2D eigenvalue weighted by atomic mass is 19.1. The lowest BCUT2D eigenvalue weighted by atomic mass is 10.1. The third kappa shape index (κ3) is 1.55. The number of fused-ring (bicyclic) bond motifs is 1. The SMILES string of the molecule is Cc1oc2cc(F)ccc2c1C(O)C(=O)O. The molecule has 0 saturated carbocycles. The van der Waals surface area contributed by atoms with Crippen LogP contribution in [0.25, 0.3) is 11.0 Å². The summed E-state index contributed by atoms with van der Waals surface area (Å²) in [5.74, 6) is -1.57. The molecule has 0 aliphatic rings. The molecule has 0 amide bonds. The Labute approximate surface area is 89.9 Å². The maximum absolute atomic E-state index is 12.9. The second-order valence-corrected chi connectivity index (χ2v) is 3.45. The van der Waals surface area contributed by atoms with Gasteiger partial charge in [0.05, 0.1) is 0 Å². The second-order valence-electron chi connectivity index (χ2n) is 3.45. The average molecular weight is 224 g/mol. The number of aliphatic hydroxyl groups excluding tert-OH is 1. The molecule has 2 N–H and O–H groups in total. The highest BCUT2D eigenvalue weighted by Crippen LogP contribution is 2.31. The molecule has 1 heterocycles. The molecule has 0 radical (unpaired) electrons. The number of carboxylic acids is 1.